The summed E-state index contributed by atoms with van der Waals surface area (Å²) in [6.07, 6.45) is 8.59. The molecule has 0 saturated carbocycles. The van der Waals surface area contributed by atoms with E-state index in [-0.39, 0.29) is 5.78 Å². The average Bonchev–Trinajstić information content (AvgIpc) is 3.62. The van der Waals surface area contributed by atoms with Crippen molar-refractivity contribution in [3.05, 3.63) is 70.9 Å². The Morgan fingerprint density at radius 3 is 2.51 bits per heavy atom. The molecule has 0 bridgehead atoms. The minimum Gasteiger partial charge on any atom is -0.371 e. The second-order valence-electron chi connectivity index (χ2n) is 8.55. The summed E-state index contributed by atoms with van der Waals surface area (Å²) in [5.41, 5.74) is 2.94. The number of anilines is 1. The topological polar surface area (TPSA) is 59.3 Å². The number of thiophene rings is 2. The first-order valence-corrected chi connectivity index (χ1v) is 13.9. The number of carbonyl (C=O) groups is 1. The molecule has 5 rings (SSSR count). The summed E-state index contributed by atoms with van der Waals surface area (Å²) < 4.78 is 3.55. The molecule has 0 aliphatic rings. The largest absolute Gasteiger partial charge is 0.371 e. The van der Waals surface area contributed by atoms with Crippen LogP contribution in [0.15, 0.2) is 59.6 Å². The monoisotopic (exact) mass is 504 g/mol. The van der Waals surface area contributed by atoms with Gasteiger partial charge in [0.1, 0.15) is 17.0 Å². The fourth-order valence-corrected chi connectivity index (χ4v) is 6.12. The van der Waals surface area contributed by atoms with Crippen LogP contribution in [-0.2, 0) is 0 Å². The van der Waals surface area contributed by atoms with E-state index in [2.05, 4.69) is 65.1 Å². The molecule has 0 saturated heterocycles. The molecule has 7 heteroatoms. The van der Waals surface area contributed by atoms with E-state index in [1.54, 1.807) is 29.6 Å². The van der Waals surface area contributed by atoms with Crippen molar-refractivity contribution in [1.82, 2.24) is 14.4 Å². The number of rotatable bonds is 8. The smallest absolute Gasteiger partial charge is 0.160 e. The maximum atomic E-state index is 10.5. The lowest BCUT2D eigenvalue weighted by molar-refractivity contribution is 0.101. The second kappa shape index (κ2) is 11.6. The van der Waals surface area contributed by atoms with Crippen LogP contribution in [0, 0.1) is 0 Å². The lowest BCUT2D eigenvalue weighted by Gasteiger charge is -2.14. The van der Waals surface area contributed by atoms with Gasteiger partial charge >= 0.3 is 0 Å². The zero-order chi connectivity index (χ0) is 24.8. The standard InChI is InChI=1S/C22H26N4S.C6H6OS/c1-4-8-15(9-5-2)22-25-19(20-21(23-3)24-12-13-26(20)22)18-14-16-10-6-7-11-17(16)27-18;1-5(7)6-2-3-8-4-6/h6-7,10-15H,4-5,8-9H2,1-3H3,(H,23,24);2-4H,1H3. The maximum absolute atomic E-state index is 10.5. The van der Waals surface area contributed by atoms with Gasteiger partial charge in [-0.05, 0) is 48.7 Å². The molecule has 5 nitrogen and oxygen atoms in total. The SMILES string of the molecule is CC(=O)c1ccsc1.CCCC(CCC)c1nc(-c2cc3ccccc3s2)c2c(NC)nccn12. The van der Waals surface area contributed by atoms with Crippen molar-refractivity contribution in [3.63, 3.8) is 0 Å². The quantitative estimate of drug-likeness (QED) is 0.216. The van der Waals surface area contributed by atoms with Gasteiger partial charge in [-0.1, -0.05) is 44.9 Å². The molecular weight excluding hydrogens is 472 g/mol. The van der Waals surface area contributed by atoms with E-state index >= 15 is 0 Å². The van der Waals surface area contributed by atoms with Crippen molar-refractivity contribution in [1.29, 1.82) is 0 Å². The first-order valence-electron chi connectivity index (χ1n) is 12.1. The van der Waals surface area contributed by atoms with Crippen molar-refractivity contribution in [2.45, 2.75) is 52.4 Å². The first kappa shape index (κ1) is 25.1. The molecule has 4 heterocycles. The summed E-state index contributed by atoms with van der Waals surface area (Å²) in [4.78, 5) is 21.5. The summed E-state index contributed by atoms with van der Waals surface area (Å²) in [7, 11) is 1.93. The van der Waals surface area contributed by atoms with E-state index in [4.69, 9.17) is 4.98 Å². The highest BCUT2D eigenvalue weighted by Gasteiger charge is 2.23. The fraction of sp³-hybridized carbons (Fsp3) is 0.321. The number of hydrogen-bond donors (Lipinski definition) is 1. The molecule has 1 N–H and O–H groups in total. The van der Waals surface area contributed by atoms with E-state index in [1.165, 1.54) is 33.6 Å². The van der Waals surface area contributed by atoms with Gasteiger partial charge in [0, 0.05) is 41.0 Å². The summed E-state index contributed by atoms with van der Waals surface area (Å²) in [6.45, 7) is 6.08. The van der Waals surface area contributed by atoms with E-state index in [0.717, 1.165) is 35.4 Å². The minimum absolute atomic E-state index is 0.145. The van der Waals surface area contributed by atoms with E-state index < -0.39 is 0 Å². The number of imidazole rings is 1. The van der Waals surface area contributed by atoms with E-state index in [9.17, 15) is 4.79 Å². The Kier molecular flexibility index (Phi) is 8.31. The molecule has 0 atom stereocenters. The Morgan fingerprint density at radius 2 is 1.91 bits per heavy atom. The molecule has 5 aromatic rings. The molecular formula is C28H32N4OS2. The van der Waals surface area contributed by atoms with Crippen molar-refractivity contribution < 1.29 is 4.79 Å². The number of hydrogen-bond acceptors (Lipinski definition) is 6. The van der Waals surface area contributed by atoms with Crippen LogP contribution < -0.4 is 5.32 Å². The van der Waals surface area contributed by atoms with Gasteiger partial charge in [-0.2, -0.15) is 11.3 Å². The van der Waals surface area contributed by atoms with Crippen LogP contribution >= 0.6 is 22.7 Å². The van der Waals surface area contributed by atoms with Gasteiger partial charge < -0.3 is 5.32 Å². The van der Waals surface area contributed by atoms with Crippen LogP contribution in [0.4, 0.5) is 5.82 Å². The zero-order valence-electron chi connectivity index (χ0n) is 20.7. The molecule has 0 radical (unpaired) electrons. The molecule has 0 aliphatic carbocycles. The first-order chi connectivity index (χ1) is 17.1. The van der Waals surface area contributed by atoms with Gasteiger partial charge in [-0.25, -0.2) is 9.97 Å². The van der Waals surface area contributed by atoms with E-state index in [0.29, 0.717) is 5.92 Å². The number of ketones is 1. The third kappa shape index (κ3) is 5.46. The number of fused-ring (bicyclic) bond motifs is 2. The van der Waals surface area contributed by atoms with Crippen LogP contribution in [0.1, 0.15) is 68.6 Å². The van der Waals surface area contributed by atoms with E-state index in [1.807, 2.05) is 30.1 Å². The molecule has 4 aromatic heterocycles. The predicted octanol–water partition coefficient (Wildman–Crippen LogP) is 8.29. The van der Waals surface area contributed by atoms with Gasteiger partial charge in [0.05, 0.1) is 4.88 Å². The van der Waals surface area contributed by atoms with Crippen molar-refractivity contribution in [3.8, 4) is 10.6 Å². The predicted molar refractivity (Wildman–Crippen MR) is 150 cm³/mol. The number of aromatic nitrogens is 3. The molecule has 1 aromatic carbocycles. The second-order valence-corrected chi connectivity index (χ2v) is 10.4. The average molecular weight is 505 g/mol. The Bertz CT molecular complexity index is 1360. The Balaban J connectivity index is 0.000000308. The van der Waals surface area contributed by atoms with Crippen LogP contribution in [0.25, 0.3) is 26.2 Å². The normalized spacial score (nSPS) is 11.1. The van der Waals surface area contributed by atoms with Crippen LogP contribution in [0.2, 0.25) is 0 Å². The summed E-state index contributed by atoms with van der Waals surface area (Å²) >= 11 is 3.35. The van der Waals surface area contributed by atoms with Crippen molar-refractivity contribution in [2.75, 3.05) is 12.4 Å². The van der Waals surface area contributed by atoms with Crippen molar-refractivity contribution >= 4 is 49.9 Å². The third-order valence-corrected chi connectivity index (χ3v) is 7.85. The highest BCUT2D eigenvalue weighted by atomic mass is 32.1. The minimum atomic E-state index is 0.145. The zero-order valence-corrected chi connectivity index (χ0v) is 22.4. The molecule has 35 heavy (non-hydrogen) atoms. The number of benzene rings is 1. The number of carbonyl (C=O) groups excluding carboxylic acids is 1. The third-order valence-electron chi connectivity index (χ3n) is 6.04. The molecule has 0 amide bonds. The molecule has 0 spiro atoms. The Hall–Kier alpha value is -3.03. The van der Waals surface area contributed by atoms with Gasteiger partial charge in [0.2, 0.25) is 0 Å². The molecule has 0 unspecified atom stereocenters. The maximum Gasteiger partial charge on any atom is 0.160 e. The Morgan fingerprint density at radius 1 is 1.14 bits per heavy atom. The summed E-state index contributed by atoms with van der Waals surface area (Å²) in [5.74, 6) is 2.67. The summed E-state index contributed by atoms with van der Waals surface area (Å²) in [6, 6.07) is 12.6. The van der Waals surface area contributed by atoms with Crippen LogP contribution in [0.3, 0.4) is 0 Å². The molecule has 0 aliphatic heterocycles. The lowest BCUT2D eigenvalue weighted by Crippen LogP contribution is -2.05. The number of nitrogens with one attached hydrogen (secondary N) is 1. The van der Waals surface area contributed by atoms with Gasteiger partial charge in [-0.15, -0.1) is 11.3 Å². The lowest BCUT2D eigenvalue weighted by atomic mass is 9.97. The van der Waals surface area contributed by atoms with Crippen molar-refractivity contribution in [2.24, 2.45) is 0 Å². The molecule has 0 fully saturated rings. The van der Waals surface area contributed by atoms with Crippen LogP contribution in [-0.4, -0.2) is 27.2 Å². The van der Waals surface area contributed by atoms with Crippen LogP contribution in [0.5, 0.6) is 0 Å². The van der Waals surface area contributed by atoms with Gasteiger partial charge in [-0.3, -0.25) is 9.20 Å². The fourth-order valence-electron chi connectivity index (χ4n) is 4.37. The molecule has 182 valence electrons. The van der Waals surface area contributed by atoms with Gasteiger partial charge in [0.25, 0.3) is 0 Å². The highest BCUT2D eigenvalue weighted by molar-refractivity contribution is 7.22. The van der Waals surface area contributed by atoms with Gasteiger partial charge in [0.15, 0.2) is 11.6 Å². The summed E-state index contributed by atoms with van der Waals surface area (Å²) in [5, 5.41) is 8.28. The highest BCUT2D eigenvalue weighted by Crippen LogP contribution is 2.39. The Labute approximate surface area is 214 Å². The number of nitrogens with zero attached hydrogens (tertiary/aromatic N) is 3. The number of Topliss-reactive ketones (excluding diaryl/α,β-unsaturated/α-hetero) is 1.